The molecule has 0 aromatic carbocycles. The van der Waals surface area contributed by atoms with Crippen LogP contribution in [0.25, 0.3) is 0 Å². The molecule has 0 radical (unpaired) electrons. The van der Waals surface area contributed by atoms with E-state index in [0.717, 1.165) is 24.2 Å². The predicted molar refractivity (Wildman–Crippen MR) is 57.7 cm³/mol. The minimum atomic E-state index is -0.369. The maximum atomic E-state index is 10.0. The first-order chi connectivity index (χ1) is 7.31. The van der Waals surface area contributed by atoms with Crippen LogP contribution in [0.3, 0.4) is 0 Å². The van der Waals surface area contributed by atoms with Crippen LogP contribution in [0, 0.1) is 5.92 Å². The lowest BCUT2D eigenvalue weighted by atomic mass is 9.79. The Balaban J connectivity index is 2.09. The Morgan fingerprint density at radius 3 is 2.93 bits per heavy atom. The normalized spacial score (nSPS) is 18.3. The molecule has 2 rings (SSSR count). The van der Waals surface area contributed by atoms with E-state index in [2.05, 4.69) is 4.98 Å². The second kappa shape index (κ2) is 4.62. The number of rotatable bonds is 4. The van der Waals surface area contributed by atoms with Crippen molar-refractivity contribution in [3.63, 3.8) is 0 Å². The topological polar surface area (TPSA) is 42.4 Å². The molecule has 1 aliphatic rings. The van der Waals surface area contributed by atoms with Gasteiger partial charge in [0.2, 0.25) is 0 Å². The molecule has 15 heavy (non-hydrogen) atoms. The minimum absolute atomic E-state index is 0.369. The number of nitrogens with zero attached hydrogens (tertiary/aromatic N) is 1. The van der Waals surface area contributed by atoms with Gasteiger partial charge in [-0.15, -0.1) is 0 Å². The first kappa shape index (κ1) is 10.4. The van der Waals surface area contributed by atoms with Crippen molar-refractivity contribution < 1.29 is 9.84 Å². The third kappa shape index (κ3) is 2.29. The summed E-state index contributed by atoms with van der Waals surface area (Å²) in [6.45, 7) is 2.57. The maximum absolute atomic E-state index is 10.0. The molecule has 82 valence electrons. The molecule has 1 N–H and O–H groups in total. The van der Waals surface area contributed by atoms with E-state index in [1.807, 2.05) is 13.0 Å². The first-order valence-corrected chi connectivity index (χ1v) is 5.57. The number of aromatic nitrogens is 1. The number of aliphatic hydroxyl groups excluding tert-OH is 1. The standard InChI is InChI=1S/C12H17NO2/c1-2-15-11-6-10(7-13-8-11)12(14)9-4-3-5-9/h6-9,12,14H,2-5H2,1H3. The van der Waals surface area contributed by atoms with Crippen LogP contribution in [0.2, 0.25) is 0 Å². The second-order valence-corrected chi connectivity index (χ2v) is 4.02. The first-order valence-electron chi connectivity index (χ1n) is 5.57. The van der Waals surface area contributed by atoms with E-state index in [1.165, 1.54) is 6.42 Å². The highest BCUT2D eigenvalue weighted by atomic mass is 16.5. The molecule has 1 aliphatic carbocycles. The van der Waals surface area contributed by atoms with Crippen molar-refractivity contribution in [1.29, 1.82) is 0 Å². The lowest BCUT2D eigenvalue weighted by Crippen LogP contribution is -2.20. The fraction of sp³-hybridized carbons (Fsp3) is 0.583. The van der Waals surface area contributed by atoms with Crippen molar-refractivity contribution in [2.24, 2.45) is 5.92 Å². The zero-order chi connectivity index (χ0) is 10.7. The Labute approximate surface area is 90.1 Å². The Kier molecular flexibility index (Phi) is 3.21. The fourth-order valence-corrected chi connectivity index (χ4v) is 1.87. The molecule has 0 saturated heterocycles. The van der Waals surface area contributed by atoms with E-state index in [1.54, 1.807) is 12.4 Å². The average Bonchev–Trinajstić information content (AvgIpc) is 2.16. The number of hydrogen-bond donors (Lipinski definition) is 1. The Morgan fingerprint density at radius 1 is 1.53 bits per heavy atom. The summed E-state index contributed by atoms with van der Waals surface area (Å²) in [4.78, 5) is 4.08. The van der Waals surface area contributed by atoms with Crippen LogP contribution >= 0.6 is 0 Å². The minimum Gasteiger partial charge on any atom is -0.492 e. The van der Waals surface area contributed by atoms with Crippen molar-refractivity contribution in [3.05, 3.63) is 24.0 Å². The lowest BCUT2D eigenvalue weighted by Gasteiger charge is -2.30. The quantitative estimate of drug-likeness (QED) is 0.823. The molecule has 1 heterocycles. The third-order valence-corrected chi connectivity index (χ3v) is 2.98. The molecule has 1 aromatic rings. The Morgan fingerprint density at radius 2 is 2.33 bits per heavy atom. The highest BCUT2D eigenvalue weighted by Crippen LogP contribution is 2.37. The van der Waals surface area contributed by atoms with Crippen LogP contribution in [0.5, 0.6) is 5.75 Å². The molecule has 3 heteroatoms. The summed E-state index contributed by atoms with van der Waals surface area (Å²) < 4.78 is 5.35. The summed E-state index contributed by atoms with van der Waals surface area (Å²) in [6, 6.07) is 1.89. The van der Waals surface area contributed by atoms with Crippen LogP contribution in [-0.2, 0) is 0 Å². The smallest absolute Gasteiger partial charge is 0.137 e. The van der Waals surface area contributed by atoms with E-state index >= 15 is 0 Å². The van der Waals surface area contributed by atoms with Gasteiger partial charge < -0.3 is 9.84 Å². The molecule has 1 unspecified atom stereocenters. The molecule has 0 aliphatic heterocycles. The van der Waals surface area contributed by atoms with Crippen LogP contribution in [0.4, 0.5) is 0 Å². The van der Waals surface area contributed by atoms with Gasteiger partial charge in [0.05, 0.1) is 18.9 Å². The van der Waals surface area contributed by atoms with Crippen molar-refractivity contribution in [2.45, 2.75) is 32.3 Å². The molecule has 0 spiro atoms. The number of pyridine rings is 1. The summed E-state index contributed by atoms with van der Waals surface area (Å²) in [5, 5.41) is 10.0. The SMILES string of the molecule is CCOc1cncc(C(O)C2CCC2)c1. The van der Waals surface area contributed by atoms with Crippen LogP contribution in [0.15, 0.2) is 18.5 Å². The fourth-order valence-electron chi connectivity index (χ4n) is 1.87. The van der Waals surface area contributed by atoms with E-state index in [9.17, 15) is 5.11 Å². The zero-order valence-electron chi connectivity index (χ0n) is 9.02. The van der Waals surface area contributed by atoms with E-state index < -0.39 is 0 Å². The highest BCUT2D eigenvalue weighted by Gasteiger charge is 2.27. The van der Waals surface area contributed by atoms with Crippen molar-refractivity contribution in [3.8, 4) is 5.75 Å². The molecule has 1 saturated carbocycles. The van der Waals surface area contributed by atoms with E-state index in [4.69, 9.17) is 4.74 Å². The molecular weight excluding hydrogens is 190 g/mol. The summed E-state index contributed by atoms with van der Waals surface area (Å²) in [7, 11) is 0. The van der Waals surface area contributed by atoms with Gasteiger partial charge in [0.15, 0.2) is 0 Å². The monoisotopic (exact) mass is 207 g/mol. The molecular formula is C12H17NO2. The molecule has 0 bridgehead atoms. The van der Waals surface area contributed by atoms with Gasteiger partial charge in [-0.2, -0.15) is 0 Å². The van der Waals surface area contributed by atoms with Gasteiger partial charge in [0.25, 0.3) is 0 Å². The van der Waals surface area contributed by atoms with Crippen LogP contribution in [-0.4, -0.2) is 16.7 Å². The number of aliphatic hydroxyl groups is 1. The van der Waals surface area contributed by atoms with Crippen LogP contribution < -0.4 is 4.74 Å². The predicted octanol–water partition coefficient (Wildman–Crippen LogP) is 2.31. The summed E-state index contributed by atoms with van der Waals surface area (Å²) in [5.74, 6) is 1.16. The molecule has 0 amide bonds. The molecule has 1 aromatic heterocycles. The third-order valence-electron chi connectivity index (χ3n) is 2.98. The van der Waals surface area contributed by atoms with Gasteiger partial charge in [-0.3, -0.25) is 4.98 Å². The molecule has 3 nitrogen and oxygen atoms in total. The Hall–Kier alpha value is -1.09. The van der Waals surface area contributed by atoms with Crippen molar-refractivity contribution in [1.82, 2.24) is 4.98 Å². The number of hydrogen-bond acceptors (Lipinski definition) is 3. The van der Waals surface area contributed by atoms with Gasteiger partial charge in [-0.05, 0) is 31.7 Å². The van der Waals surface area contributed by atoms with Gasteiger partial charge >= 0.3 is 0 Å². The zero-order valence-corrected chi connectivity index (χ0v) is 9.02. The maximum Gasteiger partial charge on any atom is 0.137 e. The summed E-state index contributed by atoms with van der Waals surface area (Å²) in [5.41, 5.74) is 0.880. The van der Waals surface area contributed by atoms with Crippen molar-refractivity contribution >= 4 is 0 Å². The highest BCUT2D eigenvalue weighted by molar-refractivity contribution is 5.25. The van der Waals surface area contributed by atoms with Crippen molar-refractivity contribution in [2.75, 3.05) is 6.61 Å². The van der Waals surface area contributed by atoms with E-state index in [0.29, 0.717) is 12.5 Å². The van der Waals surface area contributed by atoms with Gasteiger partial charge in [-0.25, -0.2) is 0 Å². The number of ether oxygens (including phenoxy) is 1. The van der Waals surface area contributed by atoms with Crippen LogP contribution in [0.1, 0.15) is 37.9 Å². The summed E-state index contributed by atoms with van der Waals surface area (Å²) >= 11 is 0. The van der Waals surface area contributed by atoms with Gasteiger partial charge in [0.1, 0.15) is 5.75 Å². The Bertz CT molecular complexity index is 323. The largest absolute Gasteiger partial charge is 0.492 e. The molecule has 1 atom stereocenters. The average molecular weight is 207 g/mol. The van der Waals surface area contributed by atoms with E-state index in [-0.39, 0.29) is 6.10 Å². The van der Waals surface area contributed by atoms with Gasteiger partial charge in [0, 0.05) is 11.8 Å². The lowest BCUT2D eigenvalue weighted by molar-refractivity contribution is 0.0616. The second-order valence-electron chi connectivity index (χ2n) is 4.02. The van der Waals surface area contributed by atoms with Gasteiger partial charge in [-0.1, -0.05) is 6.42 Å². The summed E-state index contributed by atoms with van der Waals surface area (Å²) in [6.07, 6.45) is 6.53. The molecule has 1 fully saturated rings.